The van der Waals surface area contributed by atoms with Crippen molar-refractivity contribution >= 4 is 5.91 Å². The first kappa shape index (κ1) is 20.6. The number of ether oxygens (including phenoxy) is 3. The maximum absolute atomic E-state index is 12.7. The predicted molar refractivity (Wildman–Crippen MR) is 106 cm³/mol. The maximum atomic E-state index is 12.7. The second-order valence-electron chi connectivity index (χ2n) is 6.44. The number of para-hydroxylation sites is 1. The van der Waals surface area contributed by atoms with Gasteiger partial charge in [-0.1, -0.05) is 18.2 Å². The van der Waals surface area contributed by atoms with Crippen LogP contribution in [0.25, 0.3) is 0 Å². The fraction of sp³-hybridized carbons (Fsp3) is 0.381. The number of carbonyl (C=O) groups excluding carboxylic acids is 1. The highest BCUT2D eigenvalue weighted by Crippen LogP contribution is 2.30. The molecule has 0 saturated carbocycles. The summed E-state index contributed by atoms with van der Waals surface area (Å²) in [6, 6.07) is 11.2. The molecular formula is C21H28N2O4. The van der Waals surface area contributed by atoms with E-state index in [2.05, 4.69) is 10.2 Å². The fourth-order valence-corrected chi connectivity index (χ4v) is 3.02. The third-order valence-corrected chi connectivity index (χ3v) is 4.59. The second kappa shape index (κ2) is 9.28. The average molecular weight is 372 g/mol. The number of nitrogens with one attached hydrogen (secondary N) is 1. The lowest BCUT2D eigenvalue weighted by molar-refractivity contribution is 0.0940. The highest BCUT2D eigenvalue weighted by molar-refractivity contribution is 5.95. The van der Waals surface area contributed by atoms with Gasteiger partial charge in [-0.3, -0.25) is 4.79 Å². The molecule has 0 aliphatic carbocycles. The van der Waals surface area contributed by atoms with E-state index < -0.39 is 0 Å². The highest BCUT2D eigenvalue weighted by Gasteiger charge is 2.20. The zero-order valence-electron chi connectivity index (χ0n) is 16.8. The average Bonchev–Trinajstić information content (AvgIpc) is 2.68. The molecule has 0 aliphatic heterocycles. The van der Waals surface area contributed by atoms with E-state index in [0.717, 1.165) is 16.9 Å². The van der Waals surface area contributed by atoms with Crippen LogP contribution in [0.5, 0.6) is 17.2 Å². The predicted octanol–water partition coefficient (Wildman–Crippen LogP) is 3.05. The van der Waals surface area contributed by atoms with E-state index in [4.69, 9.17) is 14.2 Å². The van der Waals surface area contributed by atoms with Gasteiger partial charge in [-0.2, -0.15) is 0 Å². The Kier molecular flexibility index (Phi) is 7.07. The van der Waals surface area contributed by atoms with Crippen LogP contribution in [0.2, 0.25) is 0 Å². The Balaban J connectivity index is 2.22. The van der Waals surface area contributed by atoms with Crippen LogP contribution in [0, 0.1) is 6.92 Å². The number of nitrogens with zero attached hydrogens (tertiary/aromatic N) is 1. The van der Waals surface area contributed by atoms with E-state index in [1.54, 1.807) is 33.5 Å². The molecule has 0 aromatic heterocycles. The lowest BCUT2D eigenvalue weighted by Gasteiger charge is -2.26. The van der Waals surface area contributed by atoms with Gasteiger partial charge in [0.2, 0.25) is 0 Å². The third-order valence-electron chi connectivity index (χ3n) is 4.59. The minimum absolute atomic E-state index is 0.0284. The molecule has 0 spiro atoms. The van der Waals surface area contributed by atoms with Gasteiger partial charge in [0.25, 0.3) is 5.91 Å². The van der Waals surface area contributed by atoms with Gasteiger partial charge in [-0.15, -0.1) is 0 Å². The summed E-state index contributed by atoms with van der Waals surface area (Å²) in [6.45, 7) is 2.33. The quantitative estimate of drug-likeness (QED) is 0.772. The van der Waals surface area contributed by atoms with Gasteiger partial charge in [0, 0.05) is 23.2 Å². The van der Waals surface area contributed by atoms with Crippen molar-refractivity contribution < 1.29 is 19.0 Å². The molecule has 2 rings (SSSR count). The van der Waals surface area contributed by atoms with Gasteiger partial charge in [0.15, 0.2) is 0 Å². The summed E-state index contributed by atoms with van der Waals surface area (Å²) in [4.78, 5) is 14.8. The zero-order valence-corrected chi connectivity index (χ0v) is 16.8. The van der Waals surface area contributed by atoms with Crippen LogP contribution in [-0.2, 0) is 0 Å². The summed E-state index contributed by atoms with van der Waals surface area (Å²) in [5.74, 6) is 1.85. The summed E-state index contributed by atoms with van der Waals surface area (Å²) in [6.07, 6.45) is 0. The van der Waals surface area contributed by atoms with Crippen LogP contribution in [0.1, 0.15) is 27.5 Å². The van der Waals surface area contributed by atoms with Gasteiger partial charge in [0.1, 0.15) is 17.2 Å². The van der Waals surface area contributed by atoms with Crippen LogP contribution in [0.3, 0.4) is 0 Å². The van der Waals surface area contributed by atoms with E-state index in [0.29, 0.717) is 23.6 Å². The lowest BCUT2D eigenvalue weighted by atomic mass is 10.0. The van der Waals surface area contributed by atoms with E-state index in [1.807, 2.05) is 45.3 Å². The van der Waals surface area contributed by atoms with Crippen molar-refractivity contribution in [2.45, 2.75) is 13.0 Å². The first-order chi connectivity index (χ1) is 12.9. The molecule has 2 aromatic rings. The smallest absolute Gasteiger partial charge is 0.251 e. The minimum Gasteiger partial charge on any atom is -0.496 e. The van der Waals surface area contributed by atoms with Crippen molar-refractivity contribution in [3.8, 4) is 17.2 Å². The van der Waals surface area contributed by atoms with Gasteiger partial charge < -0.3 is 24.4 Å². The highest BCUT2D eigenvalue weighted by atomic mass is 16.5. The van der Waals surface area contributed by atoms with E-state index in [9.17, 15) is 4.79 Å². The normalized spacial score (nSPS) is 11.8. The van der Waals surface area contributed by atoms with Gasteiger partial charge in [-0.25, -0.2) is 0 Å². The fourth-order valence-electron chi connectivity index (χ4n) is 3.02. The molecule has 0 aliphatic rings. The second-order valence-corrected chi connectivity index (χ2v) is 6.44. The van der Waals surface area contributed by atoms with Crippen molar-refractivity contribution in [1.29, 1.82) is 0 Å². The largest absolute Gasteiger partial charge is 0.496 e. The van der Waals surface area contributed by atoms with Gasteiger partial charge >= 0.3 is 0 Å². The standard InChI is InChI=1S/C21H28N2O4/c1-14-19(26-5)11-15(12-20(14)27-6)21(24)22-13-17(23(2)3)16-9-7-8-10-18(16)25-4/h7-12,17H,13H2,1-6H3,(H,22,24)/t17-/m1/s1. The molecule has 0 radical (unpaired) electrons. The molecule has 0 heterocycles. The topological polar surface area (TPSA) is 60.0 Å². The van der Waals surface area contributed by atoms with Gasteiger partial charge in [-0.05, 0) is 39.2 Å². The van der Waals surface area contributed by atoms with Crippen molar-refractivity contribution in [3.05, 3.63) is 53.1 Å². The summed E-state index contributed by atoms with van der Waals surface area (Å²) in [5.41, 5.74) is 2.37. The summed E-state index contributed by atoms with van der Waals surface area (Å²) < 4.78 is 16.2. The molecule has 1 N–H and O–H groups in total. The Morgan fingerprint density at radius 1 is 1.00 bits per heavy atom. The molecule has 27 heavy (non-hydrogen) atoms. The molecule has 146 valence electrons. The molecule has 1 atom stereocenters. The van der Waals surface area contributed by atoms with Gasteiger partial charge in [0.05, 0.1) is 27.4 Å². The number of hydrogen-bond acceptors (Lipinski definition) is 5. The SMILES string of the molecule is COc1ccccc1[C@@H](CNC(=O)c1cc(OC)c(C)c(OC)c1)N(C)C. The number of methoxy groups -OCH3 is 3. The lowest BCUT2D eigenvalue weighted by Crippen LogP contribution is -2.34. The molecule has 6 heteroatoms. The first-order valence-electron chi connectivity index (χ1n) is 8.73. The van der Waals surface area contributed by atoms with E-state index in [-0.39, 0.29) is 11.9 Å². The molecule has 0 unspecified atom stereocenters. The summed E-state index contributed by atoms with van der Waals surface area (Å²) in [5, 5.41) is 3.01. The number of likely N-dealkylation sites (N-methyl/N-ethyl adjacent to an activating group) is 1. The molecular weight excluding hydrogens is 344 g/mol. The Labute approximate surface area is 161 Å². The monoisotopic (exact) mass is 372 g/mol. The first-order valence-corrected chi connectivity index (χ1v) is 8.73. The third kappa shape index (κ3) is 4.71. The van der Waals surface area contributed by atoms with Crippen molar-refractivity contribution in [2.24, 2.45) is 0 Å². The molecule has 0 fully saturated rings. The number of rotatable bonds is 8. The Morgan fingerprint density at radius 3 is 2.07 bits per heavy atom. The number of carbonyl (C=O) groups is 1. The van der Waals surface area contributed by atoms with Crippen LogP contribution in [0.4, 0.5) is 0 Å². The summed E-state index contributed by atoms with van der Waals surface area (Å²) in [7, 11) is 8.75. The Morgan fingerprint density at radius 2 is 1.56 bits per heavy atom. The molecule has 0 saturated heterocycles. The molecule has 2 aromatic carbocycles. The Hall–Kier alpha value is -2.73. The number of amides is 1. The Bertz CT molecular complexity index is 764. The molecule has 6 nitrogen and oxygen atoms in total. The minimum atomic E-state index is -0.187. The number of hydrogen-bond donors (Lipinski definition) is 1. The van der Waals surface area contributed by atoms with E-state index in [1.165, 1.54) is 0 Å². The van der Waals surface area contributed by atoms with Crippen LogP contribution in [-0.4, -0.2) is 52.8 Å². The zero-order chi connectivity index (χ0) is 20.0. The summed E-state index contributed by atoms with van der Waals surface area (Å²) >= 11 is 0. The van der Waals surface area contributed by atoms with Crippen LogP contribution < -0.4 is 19.5 Å². The van der Waals surface area contributed by atoms with Crippen LogP contribution in [0.15, 0.2) is 36.4 Å². The molecule has 1 amide bonds. The van der Waals surface area contributed by atoms with Crippen molar-refractivity contribution in [1.82, 2.24) is 10.2 Å². The van der Waals surface area contributed by atoms with E-state index >= 15 is 0 Å². The molecule has 0 bridgehead atoms. The maximum Gasteiger partial charge on any atom is 0.251 e. The number of benzene rings is 2. The van der Waals surface area contributed by atoms with Crippen molar-refractivity contribution in [3.63, 3.8) is 0 Å². The van der Waals surface area contributed by atoms with Crippen LogP contribution >= 0.6 is 0 Å². The van der Waals surface area contributed by atoms with Crippen molar-refractivity contribution in [2.75, 3.05) is 42.0 Å².